The quantitative estimate of drug-likeness (QED) is 0.494. The number of hydrogen-bond donors (Lipinski definition) is 4. The van der Waals surface area contributed by atoms with Crippen molar-refractivity contribution in [3.8, 4) is 0 Å². The molecule has 1 saturated heterocycles. The fraction of sp³-hybridized carbons (Fsp3) is 0.550. The lowest BCUT2D eigenvalue weighted by Gasteiger charge is -2.18. The molecule has 0 aliphatic carbocycles. The maximum Gasteiger partial charge on any atom is 0.229 e. The Labute approximate surface area is 166 Å². The molecule has 0 amide bonds. The molecule has 1 aliphatic heterocycles. The Balaban J connectivity index is 1.75. The number of nitrogens with one attached hydrogen (secondary N) is 3. The van der Waals surface area contributed by atoms with Crippen LogP contribution in [0.15, 0.2) is 30.3 Å². The van der Waals surface area contributed by atoms with Gasteiger partial charge in [0.1, 0.15) is 0 Å². The van der Waals surface area contributed by atoms with Crippen molar-refractivity contribution >= 4 is 17.8 Å². The van der Waals surface area contributed by atoms with Crippen molar-refractivity contribution in [1.29, 1.82) is 0 Å². The summed E-state index contributed by atoms with van der Waals surface area (Å²) in [5, 5.41) is 19.3. The van der Waals surface area contributed by atoms with Gasteiger partial charge >= 0.3 is 0 Å². The van der Waals surface area contributed by atoms with Crippen LogP contribution >= 0.6 is 0 Å². The standard InChI is InChI=1S/C20H30N6O2/c1-3-16(13-27)23-20-25-18(21-12-17-10-7-11-28-17)24-19(26-20)22-14(2)15-8-5-4-6-9-15/h4-6,8-9,14,16-17,27H,3,7,10-13H2,1-2H3,(H3,21,22,23,24,25,26)/t14?,16-,17?/m1/s1. The number of aliphatic hydroxyl groups is 1. The van der Waals surface area contributed by atoms with Gasteiger partial charge in [0.25, 0.3) is 0 Å². The summed E-state index contributed by atoms with van der Waals surface area (Å²) in [6.45, 7) is 5.56. The lowest BCUT2D eigenvalue weighted by atomic mass is 10.1. The van der Waals surface area contributed by atoms with Crippen LogP contribution in [0.4, 0.5) is 17.8 Å². The largest absolute Gasteiger partial charge is 0.394 e. The van der Waals surface area contributed by atoms with Gasteiger partial charge in [-0.1, -0.05) is 37.3 Å². The summed E-state index contributed by atoms with van der Waals surface area (Å²) in [4.78, 5) is 13.5. The molecule has 4 N–H and O–H groups in total. The van der Waals surface area contributed by atoms with Crippen LogP contribution in [0, 0.1) is 0 Å². The van der Waals surface area contributed by atoms with E-state index in [0.29, 0.717) is 24.4 Å². The van der Waals surface area contributed by atoms with E-state index in [1.807, 2.05) is 25.1 Å². The van der Waals surface area contributed by atoms with Crippen molar-refractivity contribution in [2.45, 2.75) is 51.3 Å². The Hall–Kier alpha value is -2.45. The zero-order valence-electron chi connectivity index (χ0n) is 16.6. The number of ether oxygens (including phenoxy) is 1. The monoisotopic (exact) mass is 386 g/mol. The molecule has 2 aromatic rings. The van der Waals surface area contributed by atoms with Gasteiger partial charge in [-0.25, -0.2) is 0 Å². The van der Waals surface area contributed by atoms with Crippen LogP contribution in [-0.4, -0.2) is 52.0 Å². The molecule has 2 unspecified atom stereocenters. The Morgan fingerprint density at radius 3 is 2.46 bits per heavy atom. The van der Waals surface area contributed by atoms with E-state index in [4.69, 9.17) is 4.74 Å². The fourth-order valence-electron chi connectivity index (χ4n) is 3.07. The van der Waals surface area contributed by atoms with Crippen molar-refractivity contribution in [3.63, 3.8) is 0 Å². The molecule has 3 atom stereocenters. The molecule has 0 spiro atoms. The summed E-state index contributed by atoms with van der Waals surface area (Å²) >= 11 is 0. The average Bonchev–Trinajstić information content (AvgIpc) is 3.25. The Morgan fingerprint density at radius 1 is 1.11 bits per heavy atom. The molecule has 0 radical (unpaired) electrons. The highest BCUT2D eigenvalue weighted by atomic mass is 16.5. The van der Waals surface area contributed by atoms with Crippen LogP contribution in [0.25, 0.3) is 0 Å². The summed E-state index contributed by atoms with van der Waals surface area (Å²) in [7, 11) is 0. The van der Waals surface area contributed by atoms with Crippen molar-refractivity contribution in [2.75, 3.05) is 35.7 Å². The van der Waals surface area contributed by atoms with E-state index in [2.05, 4.69) is 50.0 Å². The van der Waals surface area contributed by atoms with Gasteiger partial charge in [-0.15, -0.1) is 0 Å². The van der Waals surface area contributed by atoms with Crippen molar-refractivity contribution in [2.24, 2.45) is 0 Å². The zero-order valence-corrected chi connectivity index (χ0v) is 16.6. The topological polar surface area (TPSA) is 104 Å². The molecule has 3 rings (SSSR count). The molecular weight excluding hydrogens is 356 g/mol. The average molecular weight is 386 g/mol. The SMILES string of the molecule is CC[C@H](CO)Nc1nc(NCC2CCCO2)nc(NC(C)c2ccccc2)n1. The third-order valence-electron chi connectivity index (χ3n) is 4.84. The molecule has 1 aromatic carbocycles. The van der Waals surface area contributed by atoms with E-state index in [1.165, 1.54) is 0 Å². The van der Waals surface area contributed by atoms with Crippen LogP contribution in [-0.2, 0) is 4.74 Å². The Morgan fingerprint density at radius 2 is 1.82 bits per heavy atom. The third kappa shape index (κ3) is 5.77. The predicted octanol–water partition coefficient (Wildman–Crippen LogP) is 2.82. The maximum absolute atomic E-state index is 9.49. The van der Waals surface area contributed by atoms with Gasteiger partial charge in [0.15, 0.2) is 0 Å². The number of aliphatic hydroxyl groups excluding tert-OH is 1. The third-order valence-corrected chi connectivity index (χ3v) is 4.84. The number of anilines is 3. The molecule has 0 bridgehead atoms. The Kier molecular flexibility index (Phi) is 7.39. The second-order valence-electron chi connectivity index (χ2n) is 7.03. The highest BCUT2D eigenvalue weighted by Gasteiger charge is 2.17. The lowest BCUT2D eigenvalue weighted by molar-refractivity contribution is 0.120. The van der Waals surface area contributed by atoms with Crippen molar-refractivity contribution in [3.05, 3.63) is 35.9 Å². The second kappa shape index (κ2) is 10.2. The summed E-state index contributed by atoms with van der Waals surface area (Å²) in [5.41, 5.74) is 1.15. The molecule has 1 aliphatic rings. The molecule has 8 heteroatoms. The predicted molar refractivity (Wildman–Crippen MR) is 111 cm³/mol. The minimum atomic E-state index is -0.104. The molecule has 8 nitrogen and oxygen atoms in total. The highest BCUT2D eigenvalue weighted by molar-refractivity contribution is 5.44. The van der Waals surface area contributed by atoms with Crippen LogP contribution in [0.1, 0.15) is 44.7 Å². The lowest BCUT2D eigenvalue weighted by Crippen LogP contribution is -2.25. The van der Waals surface area contributed by atoms with Crippen LogP contribution in [0.5, 0.6) is 0 Å². The highest BCUT2D eigenvalue weighted by Crippen LogP contribution is 2.19. The zero-order chi connectivity index (χ0) is 19.8. The number of aromatic nitrogens is 3. The molecule has 1 aromatic heterocycles. The van der Waals surface area contributed by atoms with Gasteiger partial charge in [0.2, 0.25) is 17.8 Å². The first-order valence-electron chi connectivity index (χ1n) is 9.98. The van der Waals surface area contributed by atoms with Crippen LogP contribution < -0.4 is 16.0 Å². The summed E-state index contributed by atoms with van der Waals surface area (Å²) in [6.07, 6.45) is 3.09. The van der Waals surface area contributed by atoms with Crippen LogP contribution in [0.3, 0.4) is 0 Å². The second-order valence-corrected chi connectivity index (χ2v) is 7.03. The van der Waals surface area contributed by atoms with Crippen molar-refractivity contribution < 1.29 is 9.84 Å². The van der Waals surface area contributed by atoms with Gasteiger partial charge in [-0.05, 0) is 31.7 Å². The van der Waals surface area contributed by atoms with Gasteiger partial charge in [0.05, 0.1) is 24.8 Å². The van der Waals surface area contributed by atoms with Gasteiger partial charge in [-0.3, -0.25) is 0 Å². The van der Waals surface area contributed by atoms with E-state index in [9.17, 15) is 5.11 Å². The number of nitrogens with zero attached hydrogens (tertiary/aromatic N) is 3. The van der Waals surface area contributed by atoms with E-state index in [-0.39, 0.29) is 24.8 Å². The normalized spacial score (nSPS) is 18.5. The van der Waals surface area contributed by atoms with Gasteiger partial charge < -0.3 is 25.8 Å². The van der Waals surface area contributed by atoms with Gasteiger partial charge in [0, 0.05) is 13.2 Å². The van der Waals surface area contributed by atoms with Gasteiger partial charge in [-0.2, -0.15) is 15.0 Å². The summed E-state index contributed by atoms with van der Waals surface area (Å²) < 4.78 is 5.66. The first kappa shape index (κ1) is 20.3. The minimum Gasteiger partial charge on any atom is -0.394 e. The summed E-state index contributed by atoms with van der Waals surface area (Å²) in [6, 6.07) is 10.1. The van der Waals surface area contributed by atoms with E-state index < -0.39 is 0 Å². The summed E-state index contributed by atoms with van der Waals surface area (Å²) in [5.74, 6) is 1.41. The molecule has 1 fully saturated rings. The number of benzene rings is 1. The van der Waals surface area contributed by atoms with E-state index >= 15 is 0 Å². The maximum atomic E-state index is 9.49. The molecular formula is C20H30N6O2. The first-order valence-corrected chi connectivity index (χ1v) is 9.98. The molecule has 152 valence electrons. The smallest absolute Gasteiger partial charge is 0.229 e. The minimum absolute atomic E-state index is 0.0179. The van der Waals surface area contributed by atoms with Crippen LogP contribution in [0.2, 0.25) is 0 Å². The number of hydrogen-bond acceptors (Lipinski definition) is 8. The number of rotatable bonds is 10. The van der Waals surface area contributed by atoms with E-state index in [0.717, 1.165) is 31.4 Å². The van der Waals surface area contributed by atoms with Crippen molar-refractivity contribution in [1.82, 2.24) is 15.0 Å². The molecule has 2 heterocycles. The molecule has 28 heavy (non-hydrogen) atoms. The first-order chi connectivity index (χ1) is 13.7. The Bertz CT molecular complexity index is 720. The molecule has 0 saturated carbocycles. The fourth-order valence-corrected chi connectivity index (χ4v) is 3.07. The van der Waals surface area contributed by atoms with E-state index in [1.54, 1.807) is 0 Å².